The molecule has 6 heteroatoms. The zero-order chi connectivity index (χ0) is 14.5. The molecular formula is C14H21N3O2S. The molecule has 0 unspecified atom stereocenters. The van der Waals surface area contributed by atoms with Gasteiger partial charge >= 0.3 is 5.97 Å². The molecule has 5 nitrogen and oxygen atoms in total. The van der Waals surface area contributed by atoms with Crippen LogP contribution in [0.5, 0.6) is 0 Å². The van der Waals surface area contributed by atoms with Gasteiger partial charge in [-0.3, -0.25) is 0 Å². The van der Waals surface area contributed by atoms with E-state index in [0.717, 1.165) is 25.4 Å². The van der Waals surface area contributed by atoms with E-state index < -0.39 is 5.97 Å². The van der Waals surface area contributed by atoms with Gasteiger partial charge in [0.05, 0.1) is 5.69 Å². The minimum atomic E-state index is -0.942. The molecule has 110 valence electrons. The number of aromatic nitrogens is 2. The van der Waals surface area contributed by atoms with E-state index in [-0.39, 0.29) is 5.56 Å². The average molecular weight is 295 g/mol. The average Bonchev–Trinajstić information content (AvgIpc) is 2.38. The molecule has 0 atom stereocenters. The van der Waals surface area contributed by atoms with Crippen molar-refractivity contribution >= 4 is 17.7 Å². The monoisotopic (exact) mass is 295 g/mol. The molecule has 2 heterocycles. The molecule has 0 spiro atoms. The van der Waals surface area contributed by atoms with Crippen molar-refractivity contribution in [2.75, 3.05) is 25.4 Å². The molecule has 1 aromatic rings. The van der Waals surface area contributed by atoms with E-state index in [1.807, 2.05) is 0 Å². The maximum Gasteiger partial charge on any atom is 0.340 e. The molecule has 1 aromatic heterocycles. The van der Waals surface area contributed by atoms with Gasteiger partial charge in [-0.1, -0.05) is 6.42 Å². The number of nitrogens with zero attached hydrogens (tertiary/aromatic N) is 3. The maximum absolute atomic E-state index is 11.3. The molecule has 1 aliphatic rings. The first-order valence-electron chi connectivity index (χ1n) is 7.01. The predicted molar refractivity (Wildman–Crippen MR) is 79.5 cm³/mol. The van der Waals surface area contributed by atoms with Gasteiger partial charge in [0.2, 0.25) is 0 Å². The van der Waals surface area contributed by atoms with E-state index in [4.69, 9.17) is 0 Å². The van der Waals surface area contributed by atoms with E-state index in [2.05, 4.69) is 14.9 Å². The summed E-state index contributed by atoms with van der Waals surface area (Å²) in [4.78, 5) is 22.2. The fourth-order valence-electron chi connectivity index (χ4n) is 2.49. The van der Waals surface area contributed by atoms with Crippen LogP contribution in [0.2, 0.25) is 0 Å². The van der Waals surface area contributed by atoms with E-state index in [1.54, 1.807) is 13.8 Å². The Balaban J connectivity index is 1.99. The van der Waals surface area contributed by atoms with Crippen LogP contribution in [-0.4, -0.2) is 51.3 Å². The number of hydrogen-bond acceptors (Lipinski definition) is 5. The van der Waals surface area contributed by atoms with Crippen LogP contribution in [0.15, 0.2) is 5.03 Å². The Morgan fingerprint density at radius 1 is 1.25 bits per heavy atom. The van der Waals surface area contributed by atoms with Gasteiger partial charge in [-0.05, 0) is 39.8 Å². The van der Waals surface area contributed by atoms with Crippen LogP contribution in [0.4, 0.5) is 0 Å². The van der Waals surface area contributed by atoms with Crippen LogP contribution >= 0.6 is 11.8 Å². The summed E-state index contributed by atoms with van der Waals surface area (Å²) in [5.74, 6) is 0.562. The molecule has 0 aliphatic carbocycles. The van der Waals surface area contributed by atoms with Crippen LogP contribution in [0, 0.1) is 13.8 Å². The number of aromatic carboxylic acids is 1. The maximum atomic E-state index is 11.3. The van der Waals surface area contributed by atoms with E-state index in [9.17, 15) is 9.90 Å². The first-order valence-corrected chi connectivity index (χ1v) is 8.00. The summed E-state index contributed by atoms with van der Waals surface area (Å²) in [5, 5.41) is 9.88. The SMILES string of the molecule is Cc1nc(C)c(C(=O)O)c(SCCN2CCCCC2)n1. The number of piperidine rings is 1. The quantitative estimate of drug-likeness (QED) is 0.664. The molecule has 1 fully saturated rings. The second kappa shape index (κ2) is 7.04. The minimum absolute atomic E-state index is 0.249. The normalized spacial score (nSPS) is 16.3. The number of carboxylic acid groups (broad SMARTS) is 1. The van der Waals surface area contributed by atoms with E-state index >= 15 is 0 Å². The van der Waals surface area contributed by atoms with E-state index in [1.165, 1.54) is 31.0 Å². The summed E-state index contributed by atoms with van der Waals surface area (Å²) in [5.41, 5.74) is 0.796. The third-order valence-electron chi connectivity index (χ3n) is 3.48. The third-order valence-corrected chi connectivity index (χ3v) is 4.43. The van der Waals surface area contributed by atoms with Crippen molar-refractivity contribution in [2.45, 2.75) is 38.1 Å². The largest absolute Gasteiger partial charge is 0.478 e. The first kappa shape index (κ1) is 15.3. The van der Waals surface area contributed by atoms with Gasteiger partial charge < -0.3 is 10.0 Å². The topological polar surface area (TPSA) is 66.3 Å². The van der Waals surface area contributed by atoms with Gasteiger partial charge in [0, 0.05) is 12.3 Å². The van der Waals surface area contributed by atoms with Crippen LogP contribution in [0.3, 0.4) is 0 Å². The smallest absolute Gasteiger partial charge is 0.340 e. The standard InChI is InChI=1S/C14H21N3O2S/c1-10-12(14(18)19)13(16-11(2)15-10)20-9-8-17-6-4-3-5-7-17/h3-9H2,1-2H3,(H,18,19). The highest BCUT2D eigenvalue weighted by Crippen LogP contribution is 2.23. The molecule has 0 bridgehead atoms. The second-order valence-corrected chi connectivity index (χ2v) is 6.18. The lowest BCUT2D eigenvalue weighted by atomic mass is 10.1. The van der Waals surface area contributed by atoms with Crippen molar-refractivity contribution in [3.05, 3.63) is 17.1 Å². The number of carboxylic acids is 1. The predicted octanol–water partition coefficient (Wildman–Crippen LogP) is 2.37. The zero-order valence-corrected chi connectivity index (χ0v) is 12.9. The molecule has 20 heavy (non-hydrogen) atoms. The number of aryl methyl sites for hydroxylation is 2. The van der Waals surface area contributed by atoms with Gasteiger partial charge in [-0.2, -0.15) is 0 Å². The number of carbonyl (C=O) groups is 1. The van der Waals surface area contributed by atoms with Gasteiger partial charge in [0.15, 0.2) is 0 Å². The van der Waals surface area contributed by atoms with Crippen LogP contribution in [0.25, 0.3) is 0 Å². The van der Waals surface area contributed by atoms with Gasteiger partial charge in [0.25, 0.3) is 0 Å². The third kappa shape index (κ3) is 3.93. The Morgan fingerprint density at radius 3 is 2.60 bits per heavy atom. The van der Waals surface area contributed by atoms with Crippen molar-refractivity contribution in [3.63, 3.8) is 0 Å². The molecule has 1 aliphatic heterocycles. The van der Waals surface area contributed by atoms with Crippen LogP contribution in [-0.2, 0) is 0 Å². The number of thioether (sulfide) groups is 1. The summed E-state index contributed by atoms with van der Waals surface area (Å²) in [7, 11) is 0. The van der Waals surface area contributed by atoms with Gasteiger partial charge in [0.1, 0.15) is 16.4 Å². The highest BCUT2D eigenvalue weighted by atomic mass is 32.2. The summed E-state index contributed by atoms with van der Waals surface area (Å²) < 4.78 is 0. The Morgan fingerprint density at radius 2 is 1.95 bits per heavy atom. The summed E-state index contributed by atoms with van der Waals surface area (Å²) in [6.07, 6.45) is 3.88. The first-order chi connectivity index (χ1) is 9.58. The van der Waals surface area contributed by atoms with Gasteiger partial charge in [-0.15, -0.1) is 11.8 Å². The molecule has 0 aromatic carbocycles. The minimum Gasteiger partial charge on any atom is -0.478 e. The van der Waals surface area contributed by atoms with Gasteiger partial charge in [-0.25, -0.2) is 14.8 Å². The molecular weight excluding hydrogens is 274 g/mol. The van der Waals surface area contributed by atoms with Crippen molar-refractivity contribution in [1.82, 2.24) is 14.9 Å². The lowest BCUT2D eigenvalue weighted by molar-refractivity contribution is 0.0690. The van der Waals surface area contributed by atoms with Crippen molar-refractivity contribution in [2.24, 2.45) is 0 Å². The molecule has 0 amide bonds. The van der Waals surface area contributed by atoms with Crippen molar-refractivity contribution in [3.8, 4) is 0 Å². The Bertz CT molecular complexity index is 488. The van der Waals surface area contributed by atoms with Crippen molar-refractivity contribution < 1.29 is 9.90 Å². The lowest BCUT2D eigenvalue weighted by Crippen LogP contribution is -2.31. The highest BCUT2D eigenvalue weighted by molar-refractivity contribution is 7.99. The Kier molecular flexibility index (Phi) is 5.37. The van der Waals surface area contributed by atoms with E-state index in [0.29, 0.717) is 16.5 Å². The lowest BCUT2D eigenvalue weighted by Gasteiger charge is -2.26. The number of hydrogen-bond donors (Lipinski definition) is 1. The molecule has 2 rings (SSSR count). The highest BCUT2D eigenvalue weighted by Gasteiger charge is 2.18. The second-order valence-electron chi connectivity index (χ2n) is 5.09. The fourth-order valence-corrected chi connectivity index (χ4v) is 3.61. The zero-order valence-electron chi connectivity index (χ0n) is 12.1. The molecule has 0 saturated carbocycles. The molecule has 1 N–H and O–H groups in total. The molecule has 0 radical (unpaired) electrons. The fraction of sp³-hybridized carbons (Fsp3) is 0.643. The Labute approximate surface area is 123 Å². The Hall–Kier alpha value is -1.14. The molecule has 1 saturated heterocycles. The van der Waals surface area contributed by atoms with Crippen LogP contribution in [0.1, 0.15) is 41.1 Å². The van der Waals surface area contributed by atoms with Crippen LogP contribution < -0.4 is 0 Å². The summed E-state index contributed by atoms with van der Waals surface area (Å²) >= 11 is 1.52. The summed E-state index contributed by atoms with van der Waals surface area (Å²) in [6, 6.07) is 0. The number of likely N-dealkylation sites (tertiary alicyclic amines) is 1. The van der Waals surface area contributed by atoms with Crippen molar-refractivity contribution in [1.29, 1.82) is 0 Å². The number of rotatable bonds is 5. The summed E-state index contributed by atoms with van der Waals surface area (Å²) in [6.45, 7) is 6.84.